The van der Waals surface area contributed by atoms with Crippen molar-refractivity contribution in [2.24, 2.45) is 0 Å². The van der Waals surface area contributed by atoms with E-state index >= 15 is 0 Å². The van der Waals surface area contributed by atoms with Gasteiger partial charge in [-0.3, -0.25) is 4.79 Å². The number of rotatable bonds is 2. The van der Waals surface area contributed by atoms with Crippen LogP contribution < -0.4 is 15.4 Å². The fourth-order valence-corrected chi connectivity index (χ4v) is 2.43. The third-order valence-corrected chi connectivity index (χ3v) is 3.81. The van der Waals surface area contributed by atoms with Crippen molar-refractivity contribution >= 4 is 5.91 Å². The largest absolute Gasteiger partial charge is 0.493 e. The first-order valence-corrected chi connectivity index (χ1v) is 6.67. The van der Waals surface area contributed by atoms with Crippen molar-refractivity contribution in [2.45, 2.75) is 19.4 Å². The maximum absolute atomic E-state index is 12.2. The molecular weight excluding hydrogens is 240 g/mol. The van der Waals surface area contributed by atoms with Crippen molar-refractivity contribution in [3.8, 4) is 5.75 Å². The van der Waals surface area contributed by atoms with Crippen molar-refractivity contribution in [1.29, 1.82) is 0 Å². The number of ether oxygens (including phenoxy) is 1. The predicted molar refractivity (Wildman–Crippen MR) is 73.0 cm³/mol. The Hall–Kier alpha value is -1.81. The number of carbonyl (C=O) groups excluding carboxylic acids is 1. The first kappa shape index (κ1) is 12.2. The zero-order valence-corrected chi connectivity index (χ0v) is 11.0. The predicted octanol–water partition coefficient (Wildman–Crippen LogP) is 1.55. The lowest BCUT2D eigenvalue weighted by Crippen LogP contribution is -2.39. The molecule has 1 aromatic carbocycles. The Morgan fingerprint density at radius 2 is 2.16 bits per heavy atom. The smallest absolute Gasteiger partial charge is 0.247 e. The van der Waals surface area contributed by atoms with Gasteiger partial charge in [0, 0.05) is 30.6 Å². The number of carbonyl (C=O) groups is 1. The van der Waals surface area contributed by atoms with Gasteiger partial charge < -0.3 is 15.4 Å². The number of amides is 1. The van der Waals surface area contributed by atoms with Crippen LogP contribution in [-0.4, -0.2) is 25.6 Å². The van der Waals surface area contributed by atoms with Crippen LogP contribution in [0, 0.1) is 0 Å². The molecule has 2 aliphatic rings. The lowest BCUT2D eigenvalue weighted by atomic mass is 9.99. The van der Waals surface area contributed by atoms with E-state index in [2.05, 4.69) is 10.6 Å². The highest BCUT2D eigenvalue weighted by Crippen LogP contribution is 2.31. The van der Waals surface area contributed by atoms with Gasteiger partial charge in [-0.15, -0.1) is 0 Å². The van der Waals surface area contributed by atoms with Gasteiger partial charge in [0.25, 0.3) is 0 Å². The van der Waals surface area contributed by atoms with E-state index in [1.54, 1.807) is 0 Å². The van der Waals surface area contributed by atoms with E-state index in [-0.39, 0.29) is 11.9 Å². The topological polar surface area (TPSA) is 50.4 Å². The van der Waals surface area contributed by atoms with Gasteiger partial charge in [-0.2, -0.15) is 0 Å². The number of hydrogen-bond donors (Lipinski definition) is 2. The second kappa shape index (κ2) is 5.05. The SMILES string of the molecule is CC(C(=O)NC1CCOc2ccccc21)=C1CNC1. The van der Waals surface area contributed by atoms with Crippen LogP contribution in [-0.2, 0) is 4.79 Å². The minimum Gasteiger partial charge on any atom is -0.493 e. The molecule has 2 heterocycles. The third-order valence-electron chi connectivity index (χ3n) is 3.81. The summed E-state index contributed by atoms with van der Waals surface area (Å²) in [6, 6.07) is 7.97. The van der Waals surface area contributed by atoms with E-state index in [0.717, 1.165) is 36.4 Å². The molecule has 0 spiro atoms. The Bertz CT molecular complexity index is 531. The summed E-state index contributed by atoms with van der Waals surface area (Å²) >= 11 is 0. The highest BCUT2D eigenvalue weighted by atomic mass is 16.5. The van der Waals surface area contributed by atoms with E-state index in [1.807, 2.05) is 31.2 Å². The summed E-state index contributed by atoms with van der Waals surface area (Å²) in [6.07, 6.45) is 0.823. The maximum Gasteiger partial charge on any atom is 0.247 e. The van der Waals surface area contributed by atoms with Gasteiger partial charge in [-0.25, -0.2) is 0 Å². The summed E-state index contributed by atoms with van der Waals surface area (Å²) in [7, 11) is 0. The number of para-hydroxylation sites is 1. The van der Waals surface area contributed by atoms with E-state index in [0.29, 0.717) is 6.61 Å². The van der Waals surface area contributed by atoms with Crippen LogP contribution in [0.2, 0.25) is 0 Å². The quantitative estimate of drug-likeness (QED) is 0.791. The maximum atomic E-state index is 12.2. The molecule has 1 unspecified atom stereocenters. The molecule has 0 aliphatic carbocycles. The van der Waals surface area contributed by atoms with Crippen LogP contribution in [0.4, 0.5) is 0 Å². The second-order valence-electron chi connectivity index (χ2n) is 5.03. The molecule has 4 nitrogen and oxygen atoms in total. The van der Waals surface area contributed by atoms with Crippen molar-refractivity contribution in [2.75, 3.05) is 19.7 Å². The standard InChI is InChI=1S/C15H18N2O2/c1-10(11-8-16-9-11)15(18)17-13-6-7-19-14-5-3-2-4-12(13)14/h2-5,13,16H,6-9H2,1H3,(H,17,18). The summed E-state index contributed by atoms with van der Waals surface area (Å²) in [5, 5.41) is 6.28. The molecule has 1 atom stereocenters. The van der Waals surface area contributed by atoms with Gasteiger partial charge in [0.05, 0.1) is 12.6 Å². The van der Waals surface area contributed by atoms with Gasteiger partial charge >= 0.3 is 0 Å². The molecule has 0 saturated carbocycles. The molecule has 19 heavy (non-hydrogen) atoms. The van der Waals surface area contributed by atoms with Gasteiger partial charge in [-0.05, 0) is 18.6 Å². The highest BCUT2D eigenvalue weighted by molar-refractivity contribution is 5.94. The molecule has 1 fully saturated rings. The van der Waals surface area contributed by atoms with Crippen LogP contribution in [0.5, 0.6) is 5.75 Å². The van der Waals surface area contributed by atoms with Gasteiger partial charge in [0.15, 0.2) is 0 Å². The summed E-state index contributed by atoms with van der Waals surface area (Å²) in [5.74, 6) is 0.924. The summed E-state index contributed by atoms with van der Waals surface area (Å²) in [6.45, 7) is 4.23. The Balaban J connectivity index is 1.76. The van der Waals surface area contributed by atoms with Crippen molar-refractivity contribution < 1.29 is 9.53 Å². The normalized spacial score (nSPS) is 20.9. The fraction of sp³-hybridized carbons (Fsp3) is 0.400. The molecule has 1 amide bonds. The minimum atomic E-state index is 0.0400. The molecule has 2 aliphatic heterocycles. The van der Waals surface area contributed by atoms with Gasteiger partial charge in [-0.1, -0.05) is 18.2 Å². The van der Waals surface area contributed by atoms with Gasteiger partial charge in [0.1, 0.15) is 5.75 Å². The molecule has 3 rings (SSSR count). The molecule has 0 bridgehead atoms. The van der Waals surface area contributed by atoms with Gasteiger partial charge in [0.2, 0.25) is 5.91 Å². The lowest BCUT2D eigenvalue weighted by Gasteiger charge is -2.28. The van der Waals surface area contributed by atoms with Crippen LogP contribution in [0.1, 0.15) is 24.9 Å². The van der Waals surface area contributed by atoms with Crippen LogP contribution in [0.25, 0.3) is 0 Å². The van der Waals surface area contributed by atoms with Crippen molar-refractivity contribution in [3.05, 3.63) is 41.0 Å². The molecule has 0 aromatic heterocycles. The monoisotopic (exact) mass is 258 g/mol. The van der Waals surface area contributed by atoms with E-state index in [1.165, 1.54) is 5.57 Å². The zero-order valence-electron chi connectivity index (χ0n) is 11.0. The molecule has 1 aromatic rings. The number of nitrogens with one attached hydrogen (secondary N) is 2. The van der Waals surface area contributed by atoms with Crippen molar-refractivity contribution in [1.82, 2.24) is 10.6 Å². The molecule has 4 heteroatoms. The average molecular weight is 258 g/mol. The van der Waals surface area contributed by atoms with E-state index in [4.69, 9.17) is 4.74 Å². The molecular formula is C15H18N2O2. The van der Waals surface area contributed by atoms with Crippen LogP contribution >= 0.6 is 0 Å². The number of hydrogen-bond acceptors (Lipinski definition) is 3. The molecule has 1 saturated heterocycles. The Morgan fingerprint density at radius 3 is 2.89 bits per heavy atom. The molecule has 100 valence electrons. The summed E-state index contributed by atoms with van der Waals surface area (Å²) in [5.41, 5.74) is 3.13. The third kappa shape index (κ3) is 2.36. The lowest BCUT2D eigenvalue weighted by molar-refractivity contribution is -0.118. The Kier molecular flexibility index (Phi) is 3.25. The molecule has 0 radical (unpaired) electrons. The average Bonchev–Trinajstić information content (AvgIpc) is 2.37. The Labute approximate surface area is 112 Å². The second-order valence-corrected chi connectivity index (χ2v) is 5.03. The summed E-state index contributed by atoms with van der Waals surface area (Å²) < 4.78 is 5.60. The fourth-order valence-electron chi connectivity index (χ4n) is 2.43. The van der Waals surface area contributed by atoms with Crippen LogP contribution in [0.15, 0.2) is 35.4 Å². The first-order chi connectivity index (χ1) is 9.25. The molecule has 2 N–H and O–H groups in total. The summed E-state index contributed by atoms with van der Waals surface area (Å²) in [4.78, 5) is 12.2. The minimum absolute atomic E-state index is 0.0400. The van der Waals surface area contributed by atoms with E-state index < -0.39 is 0 Å². The number of fused-ring (bicyclic) bond motifs is 1. The van der Waals surface area contributed by atoms with Crippen LogP contribution in [0.3, 0.4) is 0 Å². The highest BCUT2D eigenvalue weighted by Gasteiger charge is 2.24. The zero-order chi connectivity index (χ0) is 13.2. The first-order valence-electron chi connectivity index (χ1n) is 6.67. The van der Waals surface area contributed by atoms with Crippen molar-refractivity contribution in [3.63, 3.8) is 0 Å². The number of benzene rings is 1. The Morgan fingerprint density at radius 1 is 1.37 bits per heavy atom. The van der Waals surface area contributed by atoms with E-state index in [9.17, 15) is 4.79 Å².